The SMILES string of the molecule is Cc1nn(CC(N)=O)c(C2CC2)c1-c1cc(F)c(C#N)c(N2CC[C@]3(C[C@@H]2C)N=C(c2ccc(C(F)(F)F)nc2C(C)(C)F)NC3=O)c1. The van der Waals surface area contributed by atoms with E-state index in [-0.39, 0.29) is 48.8 Å². The topological polar surface area (TPSA) is 142 Å². The first-order chi connectivity index (χ1) is 22.4. The zero-order valence-electron chi connectivity index (χ0n) is 26.7. The minimum Gasteiger partial charge on any atom is -0.368 e. The van der Waals surface area contributed by atoms with Crippen molar-refractivity contribution < 1.29 is 31.5 Å². The number of piperidine rings is 1. The first-order valence-corrected chi connectivity index (χ1v) is 15.5. The molecule has 0 radical (unpaired) electrons. The summed E-state index contributed by atoms with van der Waals surface area (Å²) in [5.74, 6) is -1.75. The van der Waals surface area contributed by atoms with Gasteiger partial charge in [-0.05, 0) is 76.8 Å². The number of pyridine rings is 1. The summed E-state index contributed by atoms with van der Waals surface area (Å²) in [6.45, 7) is 5.76. The van der Waals surface area contributed by atoms with Gasteiger partial charge in [-0.2, -0.15) is 23.5 Å². The Kier molecular flexibility index (Phi) is 7.84. The molecule has 1 spiro atoms. The molecule has 2 amide bonds. The van der Waals surface area contributed by atoms with Crippen LogP contribution in [0.25, 0.3) is 11.1 Å². The van der Waals surface area contributed by atoms with Crippen LogP contribution in [0, 0.1) is 24.1 Å². The number of carbonyl (C=O) groups excluding carboxylic acids is 2. The van der Waals surface area contributed by atoms with Crippen LogP contribution in [-0.2, 0) is 28.0 Å². The Labute approximate surface area is 272 Å². The van der Waals surface area contributed by atoms with Gasteiger partial charge in [0, 0.05) is 36.1 Å². The van der Waals surface area contributed by atoms with E-state index in [9.17, 15) is 28.0 Å². The first-order valence-electron chi connectivity index (χ1n) is 15.5. The van der Waals surface area contributed by atoms with Crippen LogP contribution in [0.2, 0.25) is 0 Å². The number of alkyl halides is 4. The summed E-state index contributed by atoms with van der Waals surface area (Å²) < 4.78 is 72.6. The van der Waals surface area contributed by atoms with Crippen molar-refractivity contribution in [2.24, 2.45) is 10.7 Å². The van der Waals surface area contributed by atoms with Gasteiger partial charge in [0.25, 0.3) is 5.91 Å². The molecule has 2 atom stereocenters. The quantitative estimate of drug-likeness (QED) is 0.334. The minimum atomic E-state index is -4.80. The van der Waals surface area contributed by atoms with E-state index in [1.807, 2.05) is 11.0 Å². The number of hydrogen-bond donors (Lipinski definition) is 2. The van der Waals surface area contributed by atoms with Crippen molar-refractivity contribution in [3.8, 4) is 17.2 Å². The number of nitrogens with one attached hydrogen (secondary N) is 1. The molecule has 4 heterocycles. The highest BCUT2D eigenvalue weighted by molar-refractivity contribution is 6.16. The Morgan fingerprint density at radius 2 is 1.92 bits per heavy atom. The monoisotopic (exact) mass is 668 g/mol. The third kappa shape index (κ3) is 5.77. The zero-order valence-corrected chi connectivity index (χ0v) is 26.7. The molecule has 2 fully saturated rings. The van der Waals surface area contributed by atoms with Crippen molar-refractivity contribution in [2.45, 2.75) is 89.3 Å². The number of primary amides is 1. The number of benzene rings is 1. The lowest BCUT2D eigenvalue weighted by Crippen LogP contribution is -2.53. The van der Waals surface area contributed by atoms with Crippen molar-refractivity contribution in [3.63, 3.8) is 0 Å². The Hall–Kier alpha value is -4.87. The van der Waals surface area contributed by atoms with Crippen molar-refractivity contribution in [3.05, 3.63) is 64.0 Å². The third-order valence-electron chi connectivity index (χ3n) is 9.13. The molecule has 1 aromatic carbocycles. The van der Waals surface area contributed by atoms with Gasteiger partial charge in [-0.3, -0.25) is 19.3 Å². The number of aryl methyl sites for hydroxylation is 1. The van der Waals surface area contributed by atoms with E-state index in [4.69, 9.17) is 5.73 Å². The Morgan fingerprint density at radius 1 is 1.21 bits per heavy atom. The maximum Gasteiger partial charge on any atom is 0.433 e. The van der Waals surface area contributed by atoms with Crippen molar-refractivity contribution in [2.75, 3.05) is 11.4 Å². The number of amidine groups is 1. The van der Waals surface area contributed by atoms with Gasteiger partial charge in [0.15, 0.2) is 0 Å². The number of nitrogens with zero attached hydrogens (tertiary/aromatic N) is 6. The van der Waals surface area contributed by atoms with Crippen molar-refractivity contribution >= 4 is 23.3 Å². The molecule has 0 unspecified atom stereocenters. The van der Waals surface area contributed by atoms with Gasteiger partial charge in [0.05, 0.1) is 22.8 Å². The molecule has 1 saturated heterocycles. The van der Waals surface area contributed by atoms with Crippen LogP contribution in [0.1, 0.15) is 86.3 Å². The second kappa shape index (κ2) is 11.4. The summed E-state index contributed by atoms with van der Waals surface area (Å²) in [7, 11) is 0. The molecular weight excluding hydrogens is 635 g/mol. The van der Waals surface area contributed by atoms with Crippen LogP contribution in [0.15, 0.2) is 29.3 Å². The smallest absolute Gasteiger partial charge is 0.368 e. The van der Waals surface area contributed by atoms with E-state index in [1.54, 1.807) is 24.6 Å². The maximum absolute atomic E-state index is 15.7. The number of anilines is 1. The van der Waals surface area contributed by atoms with Crippen LogP contribution in [0.3, 0.4) is 0 Å². The molecule has 6 rings (SSSR count). The molecule has 48 heavy (non-hydrogen) atoms. The van der Waals surface area contributed by atoms with E-state index >= 15 is 8.78 Å². The summed E-state index contributed by atoms with van der Waals surface area (Å²) in [6, 6.07) is 6.27. The molecule has 1 aliphatic carbocycles. The summed E-state index contributed by atoms with van der Waals surface area (Å²) >= 11 is 0. The maximum atomic E-state index is 15.7. The van der Waals surface area contributed by atoms with Gasteiger partial charge in [-0.25, -0.2) is 13.8 Å². The highest BCUT2D eigenvalue weighted by atomic mass is 19.4. The minimum absolute atomic E-state index is 0.0592. The molecule has 3 aliphatic rings. The molecule has 2 aromatic heterocycles. The molecule has 0 bridgehead atoms. The number of aliphatic imine (C=N–C) groups is 1. The van der Waals surface area contributed by atoms with Crippen molar-refractivity contribution in [1.82, 2.24) is 20.1 Å². The molecular formula is C33H33F5N8O2. The molecule has 10 nitrogen and oxygen atoms in total. The van der Waals surface area contributed by atoms with Gasteiger partial charge in [-0.15, -0.1) is 0 Å². The molecule has 252 valence electrons. The standard InChI is InChI=1S/C33H33F5N8O2/c1-16-13-32(30(48)42-29(43-32)20-7-8-24(33(36,37)38)41-28(20)31(3,4)35)9-10-45(16)23-12-19(11-22(34)21(23)14-39)26-17(2)44-46(15-25(40)47)27(26)18-5-6-18/h7-8,11-12,16,18H,5-6,9-10,13,15H2,1-4H3,(H2,40,47)(H,42,43,48)/t16-,32+/m0/s1. The fourth-order valence-electron chi connectivity index (χ4n) is 6.87. The van der Waals surface area contributed by atoms with Gasteiger partial charge in [0.2, 0.25) is 5.91 Å². The van der Waals surface area contributed by atoms with Gasteiger partial charge in [0.1, 0.15) is 46.7 Å². The molecule has 1 saturated carbocycles. The number of rotatable bonds is 7. The van der Waals surface area contributed by atoms with Gasteiger partial charge >= 0.3 is 6.18 Å². The number of halogens is 5. The number of carbonyl (C=O) groups is 2. The fourth-order valence-corrected chi connectivity index (χ4v) is 6.87. The average Bonchev–Trinajstić information content (AvgIpc) is 3.70. The third-order valence-corrected chi connectivity index (χ3v) is 9.13. The lowest BCUT2D eigenvalue weighted by molar-refractivity contribution is -0.141. The number of amides is 2. The predicted octanol–water partition coefficient (Wildman–Crippen LogP) is 5.15. The van der Waals surface area contributed by atoms with E-state index in [2.05, 4.69) is 20.4 Å². The van der Waals surface area contributed by atoms with Crippen LogP contribution in [-0.4, -0.2) is 50.5 Å². The second-order valence-electron chi connectivity index (χ2n) is 13.2. The average molecular weight is 669 g/mol. The van der Waals surface area contributed by atoms with Gasteiger partial charge < -0.3 is 16.0 Å². The highest BCUT2D eigenvalue weighted by Gasteiger charge is 2.49. The van der Waals surface area contributed by atoms with E-state index in [1.165, 1.54) is 6.07 Å². The molecule has 2 aliphatic heterocycles. The Bertz CT molecular complexity index is 1920. The largest absolute Gasteiger partial charge is 0.433 e. The van der Waals surface area contributed by atoms with Crippen LogP contribution >= 0.6 is 0 Å². The van der Waals surface area contributed by atoms with Gasteiger partial charge in [-0.1, -0.05) is 0 Å². The molecule has 3 aromatic rings. The summed E-state index contributed by atoms with van der Waals surface area (Å²) in [6.07, 6.45) is -2.81. The second-order valence-corrected chi connectivity index (χ2v) is 13.2. The first kappa shape index (κ1) is 33.0. The van der Waals surface area contributed by atoms with E-state index in [0.717, 1.165) is 38.4 Å². The van der Waals surface area contributed by atoms with E-state index in [0.29, 0.717) is 28.6 Å². The molecule has 15 heteroatoms. The highest BCUT2D eigenvalue weighted by Crippen LogP contribution is 2.47. The van der Waals surface area contributed by atoms with Crippen LogP contribution in [0.5, 0.6) is 0 Å². The number of aromatic nitrogens is 3. The Balaban J connectivity index is 1.35. The summed E-state index contributed by atoms with van der Waals surface area (Å²) in [4.78, 5) is 35.2. The normalized spacial score (nSPS) is 21.3. The Morgan fingerprint density at radius 3 is 2.50 bits per heavy atom. The number of nitrogens with two attached hydrogens (primary N) is 1. The zero-order chi connectivity index (χ0) is 34.9. The number of hydrogen-bond acceptors (Lipinski definition) is 7. The lowest BCUT2D eigenvalue weighted by atomic mass is 9.83. The van der Waals surface area contributed by atoms with Crippen LogP contribution < -0.4 is 16.0 Å². The van der Waals surface area contributed by atoms with Crippen LogP contribution in [0.4, 0.5) is 27.6 Å². The lowest BCUT2D eigenvalue weighted by Gasteiger charge is -2.42. The summed E-state index contributed by atoms with van der Waals surface area (Å²) in [5.41, 5.74) is 2.66. The predicted molar refractivity (Wildman–Crippen MR) is 165 cm³/mol. The van der Waals surface area contributed by atoms with Crippen molar-refractivity contribution in [1.29, 1.82) is 5.26 Å². The molecule has 3 N–H and O–H groups in total. The van der Waals surface area contributed by atoms with E-state index < -0.39 is 52.4 Å². The summed E-state index contributed by atoms with van der Waals surface area (Å²) in [5, 5.41) is 17.1. The number of nitriles is 1. The fraction of sp³-hybridized carbons (Fsp3) is 0.455.